The van der Waals surface area contributed by atoms with Crippen LogP contribution in [0.15, 0.2) is 71.7 Å². The zero-order valence-corrected chi connectivity index (χ0v) is 12.0. The van der Waals surface area contributed by atoms with Gasteiger partial charge in [-0.2, -0.15) is 0 Å². The van der Waals surface area contributed by atoms with Crippen molar-refractivity contribution < 1.29 is 9.53 Å². The van der Waals surface area contributed by atoms with Gasteiger partial charge in [0.1, 0.15) is 0 Å². The normalized spacial score (nSPS) is 12.1. The predicted octanol–water partition coefficient (Wildman–Crippen LogP) is 3.46. The molecule has 0 spiro atoms. The molecule has 0 saturated heterocycles. The number of aromatic amines is 1. The van der Waals surface area contributed by atoms with Crippen LogP contribution in [0.1, 0.15) is 10.4 Å². The molecule has 1 N–H and O–H groups in total. The number of nitrogens with zero attached hydrogens (tertiary/aromatic N) is 1. The highest BCUT2D eigenvalue weighted by Gasteiger charge is 2.29. The molecule has 2 heterocycles. The van der Waals surface area contributed by atoms with Crippen molar-refractivity contribution in [3.8, 4) is 11.5 Å². The van der Waals surface area contributed by atoms with Crippen LogP contribution in [0, 0.1) is 0 Å². The molecule has 4 rings (SSSR count). The van der Waals surface area contributed by atoms with E-state index in [0.29, 0.717) is 28.4 Å². The molecule has 0 aliphatic carbocycles. The van der Waals surface area contributed by atoms with Crippen LogP contribution in [0.4, 0.5) is 11.4 Å². The van der Waals surface area contributed by atoms with E-state index in [2.05, 4.69) is 4.98 Å². The molecule has 2 aromatic carbocycles. The zero-order valence-electron chi connectivity index (χ0n) is 12.0. The van der Waals surface area contributed by atoms with Crippen molar-refractivity contribution in [2.45, 2.75) is 0 Å². The van der Waals surface area contributed by atoms with Gasteiger partial charge in [0, 0.05) is 12.3 Å². The van der Waals surface area contributed by atoms with Crippen LogP contribution in [0.3, 0.4) is 0 Å². The molecule has 0 atom stereocenters. The first-order valence-electron chi connectivity index (χ1n) is 7.13. The first-order chi connectivity index (χ1) is 11.2. The van der Waals surface area contributed by atoms with Crippen molar-refractivity contribution in [2.24, 2.45) is 0 Å². The SMILES string of the molecule is O=C(c1ccc(=O)[nH]c1)N1c2ccccc2Oc2ccccc21. The molecule has 23 heavy (non-hydrogen) atoms. The maximum atomic E-state index is 13.0. The Morgan fingerprint density at radius 2 is 1.48 bits per heavy atom. The van der Waals surface area contributed by atoms with Crippen LogP contribution >= 0.6 is 0 Å². The van der Waals surface area contributed by atoms with Crippen LogP contribution in [-0.2, 0) is 0 Å². The number of anilines is 2. The molecular formula is C18H12N2O3. The molecular weight excluding hydrogens is 292 g/mol. The maximum Gasteiger partial charge on any atom is 0.264 e. The summed E-state index contributed by atoms with van der Waals surface area (Å²) < 4.78 is 5.86. The summed E-state index contributed by atoms with van der Waals surface area (Å²) in [7, 11) is 0. The highest BCUT2D eigenvalue weighted by Crippen LogP contribution is 2.46. The van der Waals surface area contributed by atoms with Crippen molar-refractivity contribution in [1.29, 1.82) is 0 Å². The number of pyridine rings is 1. The van der Waals surface area contributed by atoms with E-state index in [-0.39, 0.29) is 11.5 Å². The molecule has 1 aliphatic heterocycles. The maximum absolute atomic E-state index is 13.0. The van der Waals surface area contributed by atoms with Gasteiger partial charge in [-0.05, 0) is 30.3 Å². The monoisotopic (exact) mass is 304 g/mol. The fraction of sp³-hybridized carbons (Fsp3) is 0. The van der Waals surface area contributed by atoms with Crippen LogP contribution in [0.5, 0.6) is 11.5 Å². The van der Waals surface area contributed by atoms with E-state index in [1.807, 2.05) is 48.5 Å². The van der Waals surface area contributed by atoms with E-state index in [4.69, 9.17) is 4.74 Å². The molecule has 0 fully saturated rings. The highest BCUT2D eigenvalue weighted by molar-refractivity contribution is 6.13. The second-order valence-electron chi connectivity index (χ2n) is 5.12. The van der Waals surface area contributed by atoms with E-state index >= 15 is 0 Å². The Labute approximate surface area is 131 Å². The Hall–Kier alpha value is -3.34. The number of benzene rings is 2. The molecule has 1 aromatic heterocycles. The first-order valence-corrected chi connectivity index (χ1v) is 7.13. The Balaban J connectivity index is 1.89. The average molecular weight is 304 g/mol. The third-order valence-corrected chi connectivity index (χ3v) is 3.67. The number of ether oxygens (including phenoxy) is 1. The molecule has 0 unspecified atom stereocenters. The third-order valence-electron chi connectivity index (χ3n) is 3.67. The Bertz CT molecular complexity index is 896. The fourth-order valence-electron chi connectivity index (χ4n) is 2.60. The van der Waals surface area contributed by atoms with Crippen LogP contribution in [0.25, 0.3) is 0 Å². The summed E-state index contributed by atoms with van der Waals surface area (Å²) in [6.45, 7) is 0. The fourth-order valence-corrected chi connectivity index (χ4v) is 2.60. The van der Waals surface area contributed by atoms with Crippen molar-refractivity contribution in [3.63, 3.8) is 0 Å². The zero-order chi connectivity index (χ0) is 15.8. The van der Waals surface area contributed by atoms with Gasteiger partial charge in [-0.3, -0.25) is 14.5 Å². The standard InChI is InChI=1S/C18H12N2O3/c21-17-10-9-12(11-19-17)18(22)20-13-5-1-3-7-15(13)23-16-8-4-2-6-14(16)20/h1-11H,(H,19,21). The van der Waals surface area contributed by atoms with Crippen molar-refractivity contribution >= 4 is 17.3 Å². The Morgan fingerprint density at radius 1 is 0.870 bits per heavy atom. The van der Waals surface area contributed by atoms with Gasteiger partial charge < -0.3 is 9.72 Å². The Morgan fingerprint density at radius 3 is 2.04 bits per heavy atom. The number of hydrogen-bond acceptors (Lipinski definition) is 3. The van der Waals surface area contributed by atoms with Gasteiger partial charge in [-0.15, -0.1) is 0 Å². The van der Waals surface area contributed by atoms with E-state index in [0.717, 1.165) is 0 Å². The summed E-state index contributed by atoms with van der Waals surface area (Å²) >= 11 is 0. The number of amides is 1. The number of H-pyrrole nitrogens is 1. The van der Waals surface area contributed by atoms with Gasteiger partial charge in [0.05, 0.1) is 16.9 Å². The van der Waals surface area contributed by atoms with Gasteiger partial charge in [0.15, 0.2) is 11.5 Å². The minimum atomic E-state index is -0.246. The Kier molecular flexibility index (Phi) is 2.98. The van der Waals surface area contributed by atoms with Crippen LogP contribution in [0.2, 0.25) is 0 Å². The number of carbonyl (C=O) groups excluding carboxylic acids is 1. The lowest BCUT2D eigenvalue weighted by atomic mass is 10.1. The van der Waals surface area contributed by atoms with E-state index < -0.39 is 0 Å². The minimum absolute atomic E-state index is 0.232. The third kappa shape index (κ3) is 2.19. The van der Waals surface area contributed by atoms with E-state index in [1.165, 1.54) is 18.3 Å². The lowest BCUT2D eigenvalue weighted by molar-refractivity contribution is 0.0997. The quantitative estimate of drug-likeness (QED) is 0.749. The highest BCUT2D eigenvalue weighted by atomic mass is 16.5. The predicted molar refractivity (Wildman–Crippen MR) is 86.5 cm³/mol. The lowest BCUT2D eigenvalue weighted by Gasteiger charge is -2.31. The van der Waals surface area contributed by atoms with Gasteiger partial charge >= 0.3 is 0 Å². The molecule has 0 bridgehead atoms. The lowest BCUT2D eigenvalue weighted by Crippen LogP contribution is -2.29. The second kappa shape index (κ2) is 5.14. The summed E-state index contributed by atoms with van der Waals surface area (Å²) in [5.41, 5.74) is 1.49. The summed E-state index contributed by atoms with van der Waals surface area (Å²) in [4.78, 5) is 28.3. The first kappa shape index (κ1) is 13.3. The van der Waals surface area contributed by atoms with E-state index in [1.54, 1.807) is 4.90 Å². The van der Waals surface area contributed by atoms with Gasteiger partial charge in [0.2, 0.25) is 5.56 Å². The molecule has 1 aliphatic rings. The summed E-state index contributed by atoms with van der Waals surface area (Å²) in [5, 5.41) is 0. The molecule has 3 aromatic rings. The molecule has 0 radical (unpaired) electrons. The molecule has 112 valence electrons. The summed E-state index contributed by atoms with van der Waals surface area (Å²) in [6.07, 6.45) is 1.42. The van der Waals surface area contributed by atoms with Gasteiger partial charge in [0.25, 0.3) is 5.91 Å². The van der Waals surface area contributed by atoms with Crippen molar-refractivity contribution in [2.75, 3.05) is 4.90 Å². The van der Waals surface area contributed by atoms with E-state index in [9.17, 15) is 9.59 Å². The number of para-hydroxylation sites is 4. The molecule has 5 nitrogen and oxygen atoms in total. The van der Waals surface area contributed by atoms with Crippen LogP contribution < -0.4 is 15.2 Å². The average Bonchev–Trinajstić information content (AvgIpc) is 2.59. The number of carbonyl (C=O) groups is 1. The second-order valence-corrected chi connectivity index (χ2v) is 5.12. The van der Waals surface area contributed by atoms with Crippen molar-refractivity contribution in [1.82, 2.24) is 4.98 Å². The van der Waals surface area contributed by atoms with Crippen molar-refractivity contribution in [3.05, 3.63) is 82.8 Å². The topological polar surface area (TPSA) is 62.4 Å². The smallest absolute Gasteiger partial charge is 0.264 e. The number of rotatable bonds is 1. The number of aromatic nitrogens is 1. The van der Waals surface area contributed by atoms with Gasteiger partial charge in [-0.25, -0.2) is 0 Å². The number of nitrogens with one attached hydrogen (secondary N) is 1. The molecule has 1 amide bonds. The van der Waals surface area contributed by atoms with Crippen LogP contribution in [-0.4, -0.2) is 10.9 Å². The number of fused-ring (bicyclic) bond motifs is 2. The molecule has 0 saturated carbocycles. The minimum Gasteiger partial charge on any atom is -0.453 e. The molecule has 5 heteroatoms. The summed E-state index contributed by atoms with van der Waals surface area (Å²) in [6, 6.07) is 17.6. The number of hydrogen-bond donors (Lipinski definition) is 1. The van der Waals surface area contributed by atoms with Gasteiger partial charge in [-0.1, -0.05) is 24.3 Å². The largest absolute Gasteiger partial charge is 0.453 e. The summed E-state index contributed by atoms with van der Waals surface area (Å²) in [5.74, 6) is 0.998.